The molecule has 2 aliphatic heterocycles. The van der Waals surface area contributed by atoms with Gasteiger partial charge in [-0.25, -0.2) is 0 Å². The number of benzene rings is 1. The smallest absolute Gasteiger partial charge is 0.161 e. The number of fused-ring (bicyclic) bond motifs is 1. The number of piperidine rings is 1. The molecule has 1 fully saturated rings. The predicted octanol–water partition coefficient (Wildman–Crippen LogP) is 1.85. The molecule has 4 heteroatoms. The number of hydrogen-bond acceptors (Lipinski definition) is 4. The summed E-state index contributed by atoms with van der Waals surface area (Å²) in [5, 5.41) is 3.38. The van der Waals surface area contributed by atoms with Crippen molar-refractivity contribution in [3.63, 3.8) is 0 Å². The standard InChI is InChI=1S/C15H22N2O2/c16-15(11-4-6-17-7-5-11)12-2-3-13-14(10-12)19-9-1-8-18-13/h2-3,10-11,15,17H,1,4-9,16H2. The van der Waals surface area contributed by atoms with Crippen LogP contribution in [0.25, 0.3) is 0 Å². The van der Waals surface area contributed by atoms with Crippen LogP contribution in [0.5, 0.6) is 11.5 Å². The van der Waals surface area contributed by atoms with Crippen molar-refractivity contribution < 1.29 is 9.47 Å². The fraction of sp³-hybridized carbons (Fsp3) is 0.600. The lowest BCUT2D eigenvalue weighted by Crippen LogP contribution is -2.33. The van der Waals surface area contributed by atoms with Gasteiger partial charge < -0.3 is 20.5 Å². The summed E-state index contributed by atoms with van der Waals surface area (Å²) >= 11 is 0. The van der Waals surface area contributed by atoms with E-state index in [4.69, 9.17) is 15.2 Å². The third-order valence-corrected chi connectivity index (χ3v) is 4.05. The van der Waals surface area contributed by atoms with E-state index in [-0.39, 0.29) is 6.04 Å². The number of nitrogens with one attached hydrogen (secondary N) is 1. The summed E-state index contributed by atoms with van der Waals surface area (Å²) in [6.45, 7) is 3.59. The molecule has 1 aromatic carbocycles. The van der Waals surface area contributed by atoms with E-state index in [1.165, 1.54) is 0 Å². The first-order chi connectivity index (χ1) is 9.34. The number of rotatable bonds is 2. The highest BCUT2D eigenvalue weighted by Gasteiger charge is 2.23. The van der Waals surface area contributed by atoms with Crippen molar-refractivity contribution in [2.75, 3.05) is 26.3 Å². The quantitative estimate of drug-likeness (QED) is 0.854. The number of nitrogens with two attached hydrogens (primary N) is 1. The molecule has 2 aliphatic rings. The van der Waals surface area contributed by atoms with Crippen molar-refractivity contribution in [2.45, 2.75) is 25.3 Å². The first kappa shape index (κ1) is 12.8. The minimum Gasteiger partial charge on any atom is -0.490 e. The lowest BCUT2D eigenvalue weighted by atomic mass is 9.86. The third-order valence-electron chi connectivity index (χ3n) is 4.05. The molecule has 1 unspecified atom stereocenters. The molecule has 0 amide bonds. The van der Waals surface area contributed by atoms with Gasteiger partial charge in [-0.1, -0.05) is 6.07 Å². The van der Waals surface area contributed by atoms with E-state index in [0.717, 1.165) is 62.6 Å². The molecule has 1 atom stereocenters. The maximum absolute atomic E-state index is 6.42. The predicted molar refractivity (Wildman–Crippen MR) is 74.6 cm³/mol. The molecule has 3 rings (SSSR count). The fourth-order valence-electron chi connectivity index (χ4n) is 2.86. The maximum atomic E-state index is 6.42. The Kier molecular flexibility index (Phi) is 3.89. The first-order valence-electron chi connectivity index (χ1n) is 7.20. The molecule has 4 nitrogen and oxygen atoms in total. The van der Waals surface area contributed by atoms with E-state index < -0.39 is 0 Å². The van der Waals surface area contributed by atoms with Crippen molar-refractivity contribution in [3.05, 3.63) is 23.8 Å². The normalized spacial score (nSPS) is 21.7. The Labute approximate surface area is 114 Å². The third kappa shape index (κ3) is 2.85. The maximum Gasteiger partial charge on any atom is 0.161 e. The molecule has 1 saturated heterocycles. The summed E-state index contributed by atoms with van der Waals surface area (Å²) in [7, 11) is 0. The van der Waals surface area contributed by atoms with Crippen LogP contribution in [0.1, 0.15) is 30.9 Å². The van der Waals surface area contributed by atoms with Gasteiger partial charge in [0.25, 0.3) is 0 Å². The van der Waals surface area contributed by atoms with Gasteiger partial charge in [0.05, 0.1) is 13.2 Å². The van der Waals surface area contributed by atoms with Crippen LogP contribution in [0.4, 0.5) is 0 Å². The molecular weight excluding hydrogens is 240 g/mol. The zero-order chi connectivity index (χ0) is 13.1. The molecule has 2 heterocycles. The van der Waals surface area contributed by atoms with E-state index in [1.807, 2.05) is 6.07 Å². The van der Waals surface area contributed by atoms with Crippen LogP contribution >= 0.6 is 0 Å². The van der Waals surface area contributed by atoms with Gasteiger partial charge in [0.15, 0.2) is 11.5 Å². The average molecular weight is 262 g/mol. The Morgan fingerprint density at radius 3 is 2.63 bits per heavy atom. The van der Waals surface area contributed by atoms with Gasteiger partial charge in [-0.15, -0.1) is 0 Å². The van der Waals surface area contributed by atoms with Gasteiger partial charge in [0.1, 0.15) is 0 Å². The minimum atomic E-state index is 0.0965. The van der Waals surface area contributed by atoms with Crippen molar-refractivity contribution in [2.24, 2.45) is 11.7 Å². The Bertz CT molecular complexity index is 430. The first-order valence-corrected chi connectivity index (χ1v) is 7.20. The second kappa shape index (κ2) is 5.80. The topological polar surface area (TPSA) is 56.5 Å². The highest BCUT2D eigenvalue weighted by Crippen LogP contribution is 2.35. The van der Waals surface area contributed by atoms with Crippen LogP contribution in [0.2, 0.25) is 0 Å². The SMILES string of the molecule is NC(c1ccc2c(c1)OCCCO2)C1CCNCC1. The zero-order valence-electron chi connectivity index (χ0n) is 11.2. The van der Waals surface area contributed by atoms with Crippen LogP contribution in [0, 0.1) is 5.92 Å². The molecule has 0 bridgehead atoms. The molecule has 0 radical (unpaired) electrons. The molecular formula is C15H22N2O2. The average Bonchev–Trinajstić information content (AvgIpc) is 2.72. The number of ether oxygens (including phenoxy) is 2. The van der Waals surface area contributed by atoms with Crippen molar-refractivity contribution in [3.8, 4) is 11.5 Å². The van der Waals surface area contributed by atoms with E-state index in [9.17, 15) is 0 Å². The van der Waals surface area contributed by atoms with Crippen LogP contribution in [-0.4, -0.2) is 26.3 Å². The van der Waals surface area contributed by atoms with Crippen LogP contribution in [-0.2, 0) is 0 Å². The lowest BCUT2D eigenvalue weighted by Gasteiger charge is -2.28. The number of hydrogen-bond donors (Lipinski definition) is 2. The van der Waals surface area contributed by atoms with Gasteiger partial charge >= 0.3 is 0 Å². The van der Waals surface area contributed by atoms with Gasteiger partial charge in [-0.3, -0.25) is 0 Å². The Balaban J connectivity index is 1.78. The zero-order valence-corrected chi connectivity index (χ0v) is 11.2. The van der Waals surface area contributed by atoms with Gasteiger partial charge in [0.2, 0.25) is 0 Å². The second-order valence-electron chi connectivity index (χ2n) is 5.37. The van der Waals surface area contributed by atoms with E-state index in [2.05, 4.69) is 17.4 Å². The van der Waals surface area contributed by atoms with Crippen molar-refractivity contribution >= 4 is 0 Å². The van der Waals surface area contributed by atoms with Crippen LogP contribution in [0.3, 0.4) is 0 Å². The monoisotopic (exact) mass is 262 g/mol. The summed E-state index contributed by atoms with van der Waals surface area (Å²) in [6, 6.07) is 6.24. The molecule has 19 heavy (non-hydrogen) atoms. The Hall–Kier alpha value is -1.26. The fourth-order valence-corrected chi connectivity index (χ4v) is 2.86. The molecule has 3 N–H and O–H groups in total. The van der Waals surface area contributed by atoms with E-state index in [1.54, 1.807) is 0 Å². The largest absolute Gasteiger partial charge is 0.490 e. The van der Waals surface area contributed by atoms with Crippen molar-refractivity contribution in [1.82, 2.24) is 5.32 Å². The van der Waals surface area contributed by atoms with Crippen molar-refractivity contribution in [1.29, 1.82) is 0 Å². The summed E-state index contributed by atoms with van der Waals surface area (Å²) in [5.74, 6) is 2.25. The van der Waals surface area contributed by atoms with E-state index in [0.29, 0.717) is 5.92 Å². The second-order valence-corrected chi connectivity index (χ2v) is 5.37. The highest BCUT2D eigenvalue weighted by atomic mass is 16.5. The highest BCUT2D eigenvalue weighted by molar-refractivity contribution is 5.44. The molecule has 1 aromatic rings. The molecule has 0 aliphatic carbocycles. The van der Waals surface area contributed by atoms with Crippen LogP contribution in [0.15, 0.2) is 18.2 Å². The summed E-state index contributed by atoms with van der Waals surface area (Å²) in [5.41, 5.74) is 7.58. The van der Waals surface area contributed by atoms with Gasteiger partial charge in [-0.2, -0.15) is 0 Å². The van der Waals surface area contributed by atoms with Gasteiger partial charge in [0, 0.05) is 12.5 Å². The van der Waals surface area contributed by atoms with Gasteiger partial charge in [-0.05, 0) is 49.5 Å². The lowest BCUT2D eigenvalue weighted by molar-refractivity contribution is 0.296. The summed E-state index contributed by atoms with van der Waals surface area (Å²) in [6.07, 6.45) is 3.23. The minimum absolute atomic E-state index is 0.0965. The molecule has 0 saturated carbocycles. The molecule has 0 aromatic heterocycles. The molecule has 0 spiro atoms. The summed E-state index contributed by atoms with van der Waals surface area (Å²) < 4.78 is 11.4. The Morgan fingerprint density at radius 2 is 1.84 bits per heavy atom. The van der Waals surface area contributed by atoms with E-state index >= 15 is 0 Å². The Morgan fingerprint density at radius 1 is 1.11 bits per heavy atom. The summed E-state index contributed by atoms with van der Waals surface area (Å²) in [4.78, 5) is 0. The molecule has 104 valence electrons. The van der Waals surface area contributed by atoms with Crippen LogP contribution < -0.4 is 20.5 Å².